The number of hydrogen-bond donors (Lipinski definition) is 1. The van der Waals surface area contributed by atoms with E-state index in [1.807, 2.05) is 42.5 Å². The molecule has 1 N–H and O–H groups in total. The molecule has 1 amide bonds. The zero-order chi connectivity index (χ0) is 16.4. The summed E-state index contributed by atoms with van der Waals surface area (Å²) in [4.78, 5) is 25.2. The van der Waals surface area contributed by atoms with Crippen LogP contribution in [0.2, 0.25) is 0 Å². The van der Waals surface area contributed by atoms with Crippen LogP contribution in [0.15, 0.2) is 42.5 Å². The summed E-state index contributed by atoms with van der Waals surface area (Å²) >= 11 is 0. The van der Waals surface area contributed by atoms with Gasteiger partial charge in [0.25, 0.3) is 5.91 Å². The minimum absolute atomic E-state index is 0.275. The summed E-state index contributed by atoms with van der Waals surface area (Å²) in [6.07, 6.45) is 0.493. The Bertz CT molecular complexity index is 737. The molecule has 120 valence electrons. The molecule has 0 spiro atoms. The fraction of sp³-hybridized carbons (Fsp3) is 0.333. The van der Waals surface area contributed by atoms with Gasteiger partial charge in [-0.15, -0.1) is 0 Å². The maximum Gasteiger partial charge on any atom is 0.326 e. The maximum atomic E-state index is 12.5. The minimum Gasteiger partial charge on any atom is -0.480 e. The van der Waals surface area contributed by atoms with Gasteiger partial charge < -0.3 is 14.7 Å². The van der Waals surface area contributed by atoms with Crippen LogP contribution in [-0.4, -0.2) is 40.6 Å². The van der Waals surface area contributed by atoms with Crippen molar-refractivity contribution in [2.45, 2.75) is 31.9 Å². The number of carbonyl (C=O) groups excluding carboxylic acids is 1. The van der Waals surface area contributed by atoms with Gasteiger partial charge in [0.2, 0.25) is 0 Å². The van der Waals surface area contributed by atoms with Gasteiger partial charge in [-0.3, -0.25) is 4.79 Å². The molecule has 2 aromatic rings. The molecule has 1 unspecified atom stereocenters. The van der Waals surface area contributed by atoms with Gasteiger partial charge in [0.05, 0.1) is 0 Å². The quantitative estimate of drug-likeness (QED) is 0.942. The highest BCUT2D eigenvalue weighted by Crippen LogP contribution is 2.27. The van der Waals surface area contributed by atoms with Crippen molar-refractivity contribution in [3.8, 4) is 5.75 Å². The van der Waals surface area contributed by atoms with E-state index in [0.29, 0.717) is 25.1 Å². The van der Waals surface area contributed by atoms with E-state index in [9.17, 15) is 14.7 Å². The van der Waals surface area contributed by atoms with Crippen molar-refractivity contribution >= 4 is 22.6 Å². The number of likely N-dealkylation sites (tertiary alicyclic amines) is 1. The predicted molar refractivity (Wildman–Crippen MR) is 86.4 cm³/mol. The van der Waals surface area contributed by atoms with E-state index in [1.165, 1.54) is 4.90 Å². The Kier molecular flexibility index (Phi) is 4.19. The molecule has 2 aromatic carbocycles. The lowest BCUT2D eigenvalue weighted by molar-refractivity contribution is -0.150. The van der Waals surface area contributed by atoms with Gasteiger partial charge in [0.15, 0.2) is 6.10 Å². The van der Waals surface area contributed by atoms with Gasteiger partial charge in [-0.1, -0.05) is 36.4 Å². The number of carboxylic acid groups (broad SMARTS) is 1. The predicted octanol–water partition coefficient (Wildman–Crippen LogP) is 2.68. The van der Waals surface area contributed by atoms with Crippen LogP contribution in [0.25, 0.3) is 10.8 Å². The first-order valence-electron chi connectivity index (χ1n) is 7.75. The number of benzene rings is 2. The fourth-order valence-electron chi connectivity index (χ4n) is 3.06. The third-order valence-corrected chi connectivity index (χ3v) is 4.22. The Morgan fingerprint density at radius 2 is 1.96 bits per heavy atom. The van der Waals surface area contributed by atoms with Gasteiger partial charge in [0.1, 0.15) is 11.8 Å². The van der Waals surface area contributed by atoms with Crippen LogP contribution in [0.4, 0.5) is 0 Å². The Labute approximate surface area is 134 Å². The van der Waals surface area contributed by atoms with Crippen LogP contribution in [0.3, 0.4) is 0 Å². The first-order chi connectivity index (χ1) is 11.1. The molecular weight excluding hydrogens is 294 g/mol. The second-order valence-electron chi connectivity index (χ2n) is 5.77. The van der Waals surface area contributed by atoms with Crippen molar-refractivity contribution in [1.82, 2.24) is 4.90 Å². The monoisotopic (exact) mass is 313 g/mol. The molecule has 0 aliphatic carbocycles. The number of carbonyl (C=O) groups is 2. The molecule has 1 aliphatic rings. The normalized spacial score (nSPS) is 18.8. The van der Waals surface area contributed by atoms with Gasteiger partial charge >= 0.3 is 5.97 Å². The maximum absolute atomic E-state index is 12.5. The first-order valence-corrected chi connectivity index (χ1v) is 7.75. The van der Waals surface area contributed by atoms with E-state index in [2.05, 4.69) is 0 Å². The van der Waals surface area contributed by atoms with Crippen LogP contribution in [0.5, 0.6) is 5.75 Å². The minimum atomic E-state index is -0.951. The van der Waals surface area contributed by atoms with E-state index >= 15 is 0 Å². The number of ether oxygens (including phenoxy) is 1. The molecule has 0 bridgehead atoms. The molecule has 1 aliphatic heterocycles. The van der Waals surface area contributed by atoms with E-state index in [-0.39, 0.29) is 5.91 Å². The van der Waals surface area contributed by atoms with Crippen molar-refractivity contribution in [2.24, 2.45) is 0 Å². The number of nitrogens with zero attached hydrogens (tertiary/aromatic N) is 1. The van der Waals surface area contributed by atoms with Gasteiger partial charge in [-0.05, 0) is 31.2 Å². The Morgan fingerprint density at radius 3 is 2.74 bits per heavy atom. The van der Waals surface area contributed by atoms with Crippen LogP contribution in [-0.2, 0) is 9.59 Å². The molecule has 23 heavy (non-hydrogen) atoms. The molecule has 3 rings (SSSR count). The van der Waals surface area contributed by atoms with Gasteiger partial charge in [-0.25, -0.2) is 4.79 Å². The number of hydrogen-bond acceptors (Lipinski definition) is 3. The highest BCUT2D eigenvalue weighted by Gasteiger charge is 2.36. The number of aliphatic carboxylic acids is 1. The topological polar surface area (TPSA) is 66.8 Å². The van der Waals surface area contributed by atoms with E-state index < -0.39 is 18.1 Å². The largest absolute Gasteiger partial charge is 0.480 e. The summed E-state index contributed by atoms with van der Waals surface area (Å²) in [5.74, 6) is -0.592. The fourth-order valence-corrected chi connectivity index (χ4v) is 3.06. The molecule has 1 saturated heterocycles. The van der Waals surface area contributed by atoms with Crippen molar-refractivity contribution in [3.05, 3.63) is 42.5 Å². The Balaban J connectivity index is 1.79. The summed E-state index contributed by atoms with van der Waals surface area (Å²) in [6.45, 7) is 2.14. The van der Waals surface area contributed by atoms with Gasteiger partial charge in [0, 0.05) is 11.9 Å². The van der Waals surface area contributed by atoms with Crippen molar-refractivity contribution in [2.75, 3.05) is 6.54 Å². The highest BCUT2D eigenvalue weighted by molar-refractivity contribution is 5.90. The zero-order valence-corrected chi connectivity index (χ0v) is 12.9. The Morgan fingerprint density at radius 1 is 1.22 bits per heavy atom. The average molecular weight is 313 g/mol. The van der Waals surface area contributed by atoms with Crippen LogP contribution in [0, 0.1) is 0 Å². The third-order valence-electron chi connectivity index (χ3n) is 4.22. The number of fused-ring (bicyclic) bond motifs is 1. The second-order valence-corrected chi connectivity index (χ2v) is 5.77. The molecular formula is C18H19NO4. The molecule has 0 saturated carbocycles. The molecule has 5 nitrogen and oxygen atoms in total. The number of rotatable bonds is 4. The number of amides is 1. The summed E-state index contributed by atoms with van der Waals surface area (Å²) < 4.78 is 5.85. The summed E-state index contributed by atoms with van der Waals surface area (Å²) in [6, 6.07) is 12.7. The van der Waals surface area contributed by atoms with Crippen LogP contribution < -0.4 is 4.74 Å². The lowest BCUT2D eigenvalue weighted by atomic mass is 10.1. The molecule has 1 heterocycles. The lowest BCUT2D eigenvalue weighted by Crippen LogP contribution is -2.46. The van der Waals surface area contributed by atoms with Crippen molar-refractivity contribution in [3.63, 3.8) is 0 Å². The van der Waals surface area contributed by atoms with Crippen molar-refractivity contribution in [1.29, 1.82) is 0 Å². The third kappa shape index (κ3) is 2.99. The smallest absolute Gasteiger partial charge is 0.326 e. The zero-order valence-electron chi connectivity index (χ0n) is 12.9. The molecule has 2 atom stereocenters. The van der Waals surface area contributed by atoms with Crippen molar-refractivity contribution < 1.29 is 19.4 Å². The first kappa shape index (κ1) is 15.3. The number of carboxylic acids is 1. The second kappa shape index (κ2) is 6.28. The SMILES string of the molecule is CC(Oc1cccc2ccccc12)C(=O)N1CCC[C@@H]1C(=O)O. The average Bonchev–Trinajstić information content (AvgIpc) is 3.04. The highest BCUT2D eigenvalue weighted by atomic mass is 16.5. The molecule has 5 heteroatoms. The van der Waals surface area contributed by atoms with E-state index in [1.54, 1.807) is 6.92 Å². The van der Waals surface area contributed by atoms with Crippen LogP contribution in [0.1, 0.15) is 19.8 Å². The summed E-state index contributed by atoms with van der Waals surface area (Å²) in [7, 11) is 0. The standard InChI is InChI=1S/C18H19NO4/c1-12(17(20)19-11-5-9-15(19)18(21)22)23-16-10-4-7-13-6-2-3-8-14(13)16/h2-4,6-8,10,12,15H,5,9,11H2,1H3,(H,21,22)/t12?,15-/m1/s1. The van der Waals surface area contributed by atoms with E-state index in [4.69, 9.17) is 4.74 Å². The summed E-state index contributed by atoms with van der Waals surface area (Å²) in [5.41, 5.74) is 0. The van der Waals surface area contributed by atoms with Crippen LogP contribution >= 0.6 is 0 Å². The lowest BCUT2D eigenvalue weighted by Gasteiger charge is -2.25. The molecule has 1 fully saturated rings. The molecule has 0 aromatic heterocycles. The van der Waals surface area contributed by atoms with Gasteiger partial charge in [-0.2, -0.15) is 0 Å². The van der Waals surface area contributed by atoms with E-state index in [0.717, 1.165) is 10.8 Å². The molecule has 0 radical (unpaired) electrons. The summed E-state index contributed by atoms with van der Waals surface area (Å²) in [5, 5.41) is 11.2. The Hall–Kier alpha value is -2.56.